The smallest absolute Gasteiger partial charge is 0.223 e. The Labute approximate surface area is 138 Å². The van der Waals surface area contributed by atoms with Gasteiger partial charge in [0, 0.05) is 30.5 Å². The van der Waals surface area contributed by atoms with Crippen LogP contribution in [0.4, 0.5) is 0 Å². The molecule has 0 saturated heterocycles. The lowest BCUT2D eigenvalue weighted by molar-refractivity contribution is -0.128. The number of hydrogen-bond donors (Lipinski definition) is 2. The van der Waals surface area contributed by atoms with Crippen molar-refractivity contribution in [3.05, 3.63) is 17.0 Å². The number of amides is 1. The molecule has 5 nitrogen and oxygen atoms in total. The summed E-state index contributed by atoms with van der Waals surface area (Å²) in [6, 6.07) is 0.310. The van der Waals surface area contributed by atoms with Crippen LogP contribution in [0.1, 0.15) is 63.0 Å². The van der Waals surface area contributed by atoms with Gasteiger partial charge in [-0.2, -0.15) is 0 Å². The molecule has 2 bridgehead atoms. The first-order chi connectivity index (χ1) is 11.1. The van der Waals surface area contributed by atoms with Crippen LogP contribution in [0.15, 0.2) is 4.52 Å². The summed E-state index contributed by atoms with van der Waals surface area (Å²) in [6.07, 6.45) is 7.19. The summed E-state index contributed by atoms with van der Waals surface area (Å²) < 4.78 is 5.37. The first kappa shape index (κ1) is 16.5. The Bertz CT molecular complexity index is 519. The number of nitrogens with two attached hydrogens (primary N) is 1. The fourth-order valence-electron chi connectivity index (χ4n) is 4.46. The maximum atomic E-state index is 12.6. The van der Waals surface area contributed by atoms with E-state index in [1.54, 1.807) is 0 Å². The van der Waals surface area contributed by atoms with Crippen molar-refractivity contribution in [2.75, 3.05) is 0 Å². The van der Waals surface area contributed by atoms with Gasteiger partial charge in [0.25, 0.3) is 0 Å². The molecule has 128 valence electrons. The predicted octanol–water partition coefficient (Wildman–Crippen LogP) is 2.57. The normalized spacial score (nSPS) is 30.2. The highest BCUT2D eigenvalue weighted by atomic mass is 16.5. The van der Waals surface area contributed by atoms with E-state index < -0.39 is 0 Å². The molecule has 0 aromatic carbocycles. The molecule has 2 unspecified atom stereocenters. The number of aryl methyl sites for hydroxylation is 2. The van der Waals surface area contributed by atoms with Crippen LogP contribution in [-0.2, 0) is 24.2 Å². The largest absolute Gasteiger partial charge is 0.361 e. The highest BCUT2D eigenvalue weighted by Gasteiger charge is 2.40. The SMILES string of the molecule is CCc1noc(CC)c1CNC(=O)C1CC2CCCC(C1)C2N. The van der Waals surface area contributed by atoms with E-state index in [-0.39, 0.29) is 11.8 Å². The topological polar surface area (TPSA) is 81.2 Å². The van der Waals surface area contributed by atoms with E-state index in [0.717, 1.165) is 42.7 Å². The van der Waals surface area contributed by atoms with Gasteiger partial charge in [0.15, 0.2) is 0 Å². The zero-order valence-corrected chi connectivity index (χ0v) is 14.3. The van der Waals surface area contributed by atoms with E-state index in [1.807, 2.05) is 0 Å². The molecule has 2 aliphatic carbocycles. The molecule has 1 heterocycles. The Morgan fingerprint density at radius 3 is 2.57 bits per heavy atom. The molecule has 1 aromatic rings. The molecule has 0 radical (unpaired) electrons. The van der Waals surface area contributed by atoms with Gasteiger partial charge in [-0.25, -0.2) is 0 Å². The monoisotopic (exact) mass is 319 g/mol. The standard InChI is InChI=1S/C18H29N3O2/c1-3-15-14(16(4-2)23-21-15)10-20-18(22)13-8-11-6-5-7-12(9-13)17(11)19/h11-13,17H,3-10,19H2,1-2H3,(H,20,22). The third-order valence-electron chi connectivity index (χ3n) is 5.83. The molecular weight excluding hydrogens is 290 g/mol. The Morgan fingerprint density at radius 1 is 1.26 bits per heavy atom. The summed E-state index contributed by atoms with van der Waals surface area (Å²) in [5, 5.41) is 7.24. The molecule has 2 atom stereocenters. The molecule has 0 spiro atoms. The fourth-order valence-corrected chi connectivity index (χ4v) is 4.46. The van der Waals surface area contributed by atoms with Crippen LogP contribution in [0.25, 0.3) is 0 Å². The quantitative estimate of drug-likeness (QED) is 0.874. The summed E-state index contributed by atoms with van der Waals surface area (Å²) in [5.41, 5.74) is 8.35. The number of carbonyl (C=O) groups is 1. The van der Waals surface area contributed by atoms with Gasteiger partial charge in [0.1, 0.15) is 5.76 Å². The molecule has 2 aliphatic rings. The summed E-state index contributed by atoms with van der Waals surface area (Å²) in [4.78, 5) is 12.6. The summed E-state index contributed by atoms with van der Waals surface area (Å²) in [5.74, 6) is 2.27. The average Bonchev–Trinajstić information content (AvgIpc) is 2.94. The van der Waals surface area contributed by atoms with E-state index in [2.05, 4.69) is 24.3 Å². The number of nitrogens with one attached hydrogen (secondary N) is 1. The minimum atomic E-state index is 0.125. The van der Waals surface area contributed by atoms with E-state index in [1.165, 1.54) is 19.3 Å². The molecule has 5 heteroatoms. The van der Waals surface area contributed by atoms with Gasteiger partial charge in [-0.05, 0) is 43.9 Å². The molecule has 2 saturated carbocycles. The van der Waals surface area contributed by atoms with Crippen molar-refractivity contribution in [2.45, 2.75) is 71.4 Å². The molecule has 2 fully saturated rings. The second-order valence-electron chi connectivity index (χ2n) is 7.15. The van der Waals surface area contributed by atoms with Crippen molar-refractivity contribution in [1.29, 1.82) is 0 Å². The average molecular weight is 319 g/mol. The third-order valence-corrected chi connectivity index (χ3v) is 5.83. The maximum absolute atomic E-state index is 12.6. The number of aromatic nitrogens is 1. The molecular formula is C18H29N3O2. The van der Waals surface area contributed by atoms with E-state index in [0.29, 0.717) is 24.4 Å². The van der Waals surface area contributed by atoms with Gasteiger partial charge in [-0.15, -0.1) is 0 Å². The molecule has 1 aromatic heterocycles. The Morgan fingerprint density at radius 2 is 1.96 bits per heavy atom. The van der Waals surface area contributed by atoms with Crippen molar-refractivity contribution in [3.63, 3.8) is 0 Å². The second kappa shape index (κ2) is 7.04. The molecule has 1 amide bonds. The van der Waals surface area contributed by atoms with Gasteiger partial charge in [-0.1, -0.05) is 25.4 Å². The Hall–Kier alpha value is -1.36. The van der Waals surface area contributed by atoms with E-state index in [9.17, 15) is 4.79 Å². The first-order valence-electron chi connectivity index (χ1n) is 9.13. The van der Waals surface area contributed by atoms with Crippen molar-refractivity contribution in [2.24, 2.45) is 23.5 Å². The van der Waals surface area contributed by atoms with Crippen LogP contribution in [0.2, 0.25) is 0 Å². The molecule has 0 aliphatic heterocycles. The first-order valence-corrected chi connectivity index (χ1v) is 9.13. The van der Waals surface area contributed by atoms with Crippen LogP contribution < -0.4 is 11.1 Å². The number of rotatable bonds is 5. The predicted molar refractivity (Wildman–Crippen MR) is 88.6 cm³/mol. The summed E-state index contributed by atoms with van der Waals surface area (Å²) >= 11 is 0. The lowest BCUT2D eigenvalue weighted by atomic mass is 9.65. The number of carbonyl (C=O) groups excluding carboxylic acids is 1. The summed E-state index contributed by atoms with van der Waals surface area (Å²) in [6.45, 7) is 4.65. The molecule has 23 heavy (non-hydrogen) atoms. The fraction of sp³-hybridized carbons (Fsp3) is 0.778. The zero-order chi connectivity index (χ0) is 16.4. The van der Waals surface area contributed by atoms with Crippen molar-refractivity contribution in [3.8, 4) is 0 Å². The van der Waals surface area contributed by atoms with Gasteiger partial charge in [0.05, 0.1) is 5.69 Å². The van der Waals surface area contributed by atoms with Crippen molar-refractivity contribution >= 4 is 5.91 Å². The zero-order valence-electron chi connectivity index (χ0n) is 14.3. The lowest BCUT2D eigenvalue weighted by Gasteiger charge is -2.43. The lowest BCUT2D eigenvalue weighted by Crippen LogP contribution is -2.49. The van der Waals surface area contributed by atoms with Crippen LogP contribution in [0.3, 0.4) is 0 Å². The number of fused-ring (bicyclic) bond motifs is 2. The van der Waals surface area contributed by atoms with Crippen LogP contribution in [-0.4, -0.2) is 17.1 Å². The van der Waals surface area contributed by atoms with Crippen molar-refractivity contribution < 1.29 is 9.32 Å². The van der Waals surface area contributed by atoms with Crippen LogP contribution in [0.5, 0.6) is 0 Å². The molecule has 3 rings (SSSR count). The third kappa shape index (κ3) is 3.30. The number of hydrogen-bond acceptors (Lipinski definition) is 4. The second-order valence-corrected chi connectivity index (χ2v) is 7.15. The Kier molecular flexibility index (Phi) is 5.05. The summed E-state index contributed by atoms with van der Waals surface area (Å²) in [7, 11) is 0. The van der Waals surface area contributed by atoms with Gasteiger partial charge in [0.2, 0.25) is 5.91 Å². The minimum Gasteiger partial charge on any atom is -0.361 e. The van der Waals surface area contributed by atoms with Crippen molar-refractivity contribution in [1.82, 2.24) is 10.5 Å². The Balaban J connectivity index is 1.61. The van der Waals surface area contributed by atoms with Gasteiger partial charge >= 0.3 is 0 Å². The highest BCUT2D eigenvalue weighted by Crippen LogP contribution is 2.41. The minimum absolute atomic E-state index is 0.125. The van der Waals surface area contributed by atoms with E-state index in [4.69, 9.17) is 10.3 Å². The number of nitrogens with zero attached hydrogens (tertiary/aromatic N) is 1. The van der Waals surface area contributed by atoms with Gasteiger partial charge in [-0.3, -0.25) is 4.79 Å². The van der Waals surface area contributed by atoms with Gasteiger partial charge < -0.3 is 15.6 Å². The molecule has 3 N–H and O–H groups in total. The van der Waals surface area contributed by atoms with Crippen LogP contribution >= 0.6 is 0 Å². The maximum Gasteiger partial charge on any atom is 0.223 e. The highest BCUT2D eigenvalue weighted by molar-refractivity contribution is 5.78. The van der Waals surface area contributed by atoms with Crippen LogP contribution in [0, 0.1) is 17.8 Å². The van der Waals surface area contributed by atoms with E-state index >= 15 is 0 Å².